The molecule has 0 saturated carbocycles. The molecule has 0 N–H and O–H groups in total. The largest absolute Gasteiger partial charge is 0.338 e. The van der Waals surface area contributed by atoms with Crippen LogP contribution in [0, 0.1) is 23.0 Å². The minimum atomic E-state index is -0.723. The fourth-order valence-corrected chi connectivity index (χ4v) is 4.69. The third kappa shape index (κ3) is 3.69. The summed E-state index contributed by atoms with van der Waals surface area (Å²) in [4.78, 5) is 31.2. The third-order valence-corrected chi connectivity index (χ3v) is 6.16. The van der Waals surface area contributed by atoms with Crippen LogP contribution in [0.2, 0.25) is 0 Å². The van der Waals surface area contributed by atoms with Gasteiger partial charge in [0.05, 0.1) is 5.56 Å². The van der Waals surface area contributed by atoms with E-state index in [1.165, 1.54) is 0 Å². The molecule has 7 heteroatoms. The molecule has 0 aromatic heterocycles. The Morgan fingerprint density at radius 1 is 1.00 bits per heavy atom. The summed E-state index contributed by atoms with van der Waals surface area (Å²) >= 11 is 0. The first kappa shape index (κ1) is 20.5. The first-order valence-electron chi connectivity index (χ1n) is 10.0. The summed E-state index contributed by atoms with van der Waals surface area (Å²) in [6.07, 6.45) is 0. The number of hydrogen-bond acceptors (Lipinski definition) is 3. The standard InChI is InChI=1S/C23H25F2N3O2/c1-26(2)11-17-12-27(21(29)16-6-4-3-5-7-16)13-23(17)14-28(15-23)22(30)19-10-18(24)8-9-20(19)25/h3-10,17H,11-15H2,1-2H3. The molecule has 30 heavy (non-hydrogen) atoms. The maximum absolute atomic E-state index is 14.0. The predicted octanol–water partition coefficient (Wildman–Crippen LogP) is 2.74. The van der Waals surface area contributed by atoms with Crippen LogP contribution in [-0.4, -0.2) is 73.3 Å². The van der Waals surface area contributed by atoms with Crippen molar-refractivity contribution in [2.45, 2.75) is 0 Å². The molecule has 2 saturated heterocycles. The van der Waals surface area contributed by atoms with E-state index >= 15 is 0 Å². The van der Waals surface area contributed by atoms with E-state index in [1.54, 1.807) is 17.0 Å². The van der Waals surface area contributed by atoms with Gasteiger partial charge in [0, 0.05) is 43.7 Å². The molecule has 5 nitrogen and oxygen atoms in total. The van der Waals surface area contributed by atoms with Crippen molar-refractivity contribution in [2.75, 3.05) is 46.8 Å². The Balaban J connectivity index is 1.51. The number of likely N-dealkylation sites (tertiary alicyclic amines) is 2. The van der Waals surface area contributed by atoms with Crippen molar-refractivity contribution in [1.82, 2.24) is 14.7 Å². The summed E-state index contributed by atoms with van der Waals surface area (Å²) in [5.41, 5.74) is 0.172. The molecular weight excluding hydrogens is 388 g/mol. The second-order valence-electron chi connectivity index (χ2n) is 8.66. The molecule has 1 unspecified atom stereocenters. The van der Waals surface area contributed by atoms with Crippen molar-refractivity contribution >= 4 is 11.8 Å². The van der Waals surface area contributed by atoms with Crippen molar-refractivity contribution in [2.24, 2.45) is 11.3 Å². The number of amides is 2. The van der Waals surface area contributed by atoms with E-state index in [0.29, 0.717) is 31.7 Å². The maximum atomic E-state index is 14.0. The number of carbonyl (C=O) groups is 2. The van der Waals surface area contributed by atoms with E-state index in [0.717, 1.165) is 24.7 Å². The molecule has 2 fully saturated rings. The number of carbonyl (C=O) groups excluding carboxylic acids is 2. The smallest absolute Gasteiger partial charge is 0.256 e. The van der Waals surface area contributed by atoms with Gasteiger partial charge in [0.2, 0.25) is 0 Å². The lowest BCUT2D eigenvalue weighted by molar-refractivity contribution is -0.0150. The number of halogens is 2. The Morgan fingerprint density at radius 3 is 2.33 bits per heavy atom. The average molecular weight is 413 g/mol. The van der Waals surface area contributed by atoms with Crippen LogP contribution in [0.15, 0.2) is 48.5 Å². The van der Waals surface area contributed by atoms with E-state index in [1.807, 2.05) is 37.2 Å². The molecule has 1 atom stereocenters. The number of hydrogen-bond donors (Lipinski definition) is 0. The summed E-state index contributed by atoms with van der Waals surface area (Å²) in [7, 11) is 3.97. The fraction of sp³-hybridized carbons (Fsp3) is 0.391. The quantitative estimate of drug-likeness (QED) is 0.774. The van der Waals surface area contributed by atoms with Crippen molar-refractivity contribution < 1.29 is 18.4 Å². The molecule has 2 heterocycles. The highest BCUT2D eigenvalue weighted by molar-refractivity contribution is 5.96. The second kappa shape index (κ2) is 7.80. The molecule has 4 rings (SSSR count). The Kier molecular flexibility index (Phi) is 5.32. The summed E-state index contributed by atoms with van der Waals surface area (Å²) < 4.78 is 27.5. The van der Waals surface area contributed by atoms with Gasteiger partial charge in [-0.3, -0.25) is 9.59 Å². The highest BCUT2D eigenvalue weighted by Crippen LogP contribution is 2.45. The highest BCUT2D eigenvalue weighted by Gasteiger charge is 2.56. The lowest BCUT2D eigenvalue weighted by Gasteiger charge is -2.51. The van der Waals surface area contributed by atoms with Crippen LogP contribution < -0.4 is 0 Å². The van der Waals surface area contributed by atoms with Gasteiger partial charge >= 0.3 is 0 Å². The topological polar surface area (TPSA) is 43.9 Å². The lowest BCUT2D eigenvalue weighted by Crippen LogP contribution is -2.63. The molecule has 0 aliphatic carbocycles. The SMILES string of the molecule is CN(C)CC1CN(C(=O)c2ccccc2)CC12CN(C(=O)c1cc(F)ccc1F)C2. The Bertz CT molecular complexity index is 958. The second-order valence-corrected chi connectivity index (χ2v) is 8.66. The minimum absolute atomic E-state index is 0.0165. The zero-order valence-electron chi connectivity index (χ0n) is 17.1. The van der Waals surface area contributed by atoms with E-state index in [4.69, 9.17) is 0 Å². The van der Waals surface area contributed by atoms with E-state index in [-0.39, 0.29) is 22.8 Å². The molecule has 0 radical (unpaired) electrons. The normalized spacial score (nSPS) is 20.0. The van der Waals surface area contributed by atoms with Crippen molar-refractivity contribution in [3.05, 3.63) is 71.3 Å². The fourth-order valence-electron chi connectivity index (χ4n) is 4.69. The molecule has 2 aromatic rings. The first-order valence-corrected chi connectivity index (χ1v) is 10.0. The summed E-state index contributed by atoms with van der Waals surface area (Å²) in [6.45, 7) is 2.81. The van der Waals surface area contributed by atoms with Crippen LogP contribution in [0.25, 0.3) is 0 Å². The van der Waals surface area contributed by atoms with Gasteiger partial charge in [-0.2, -0.15) is 0 Å². The van der Waals surface area contributed by atoms with Gasteiger partial charge in [-0.15, -0.1) is 0 Å². The van der Waals surface area contributed by atoms with Crippen LogP contribution in [0.4, 0.5) is 8.78 Å². The van der Waals surface area contributed by atoms with Crippen molar-refractivity contribution in [3.8, 4) is 0 Å². The molecule has 2 aliphatic rings. The van der Waals surface area contributed by atoms with Gasteiger partial charge in [0.15, 0.2) is 0 Å². The van der Waals surface area contributed by atoms with E-state index in [9.17, 15) is 18.4 Å². The lowest BCUT2D eigenvalue weighted by atomic mass is 9.71. The van der Waals surface area contributed by atoms with Crippen molar-refractivity contribution in [3.63, 3.8) is 0 Å². The van der Waals surface area contributed by atoms with Crippen LogP contribution >= 0.6 is 0 Å². The summed E-state index contributed by atoms with van der Waals surface area (Å²) in [6, 6.07) is 12.1. The molecule has 158 valence electrons. The molecular formula is C23H25F2N3O2. The summed E-state index contributed by atoms with van der Waals surface area (Å²) in [5, 5.41) is 0. The van der Waals surface area contributed by atoms with Gasteiger partial charge in [-0.05, 0) is 50.3 Å². The Morgan fingerprint density at radius 2 is 1.67 bits per heavy atom. The van der Waals surface area contributed by atoms with Crippen LogP contribution in [0.1, 0.15) is 20.7 Å². The Labute approximate surface area is 174 Å². The van der Waals surface area contributed by atoms with Gasteiger partial charge in [-0.1, -0.05) is 18.2 Å². The third-order valence-electron chi connectivity index (χ3n) is 6.16. The van der Waals surface area contributed by atoms with Gasteiger partial charge < -0.3 is 14.7 Å². The van der Waals surface area contributed by atoms with E-state index in [2.05, 4.69) is 4.90 Å². The monoisotopic (exact) mass is 413 g/mol. The highest BCUT2D eigenvalue weighted by atomic mass is 19.1. The number of rotatable bonds is 4. The average Bonchev–Trinajstić information content (AvgIpc) is 3.07. The predicted molar refractivity (Wildman–Crippen MR) is 109 cm³/mol. The summed E-state index contributed by atoms with van der Waals surface area (Å²) in [5.74, 6) is -1.69. The van der Waals surface area contributed by atoms with Gasteiger partial charge in [0.25, 0.3) is 11.8 Å². The number of benzene rings is 2. The maximum Gasteiger partial charge on any atom is 0.256 e. The molecule has 0 bridgehead atoms. The number of nitrogens with zero attached hydrogens (tertiary/aromatic N) is 3. The molecule has 2 aliphatic heterocycles. The van der Waals surface area contributed by atoms with E-state index < -0.39 is 17.5 Å². The van der Waals surface area contributed by atoms with Crippen molar-refractivity contribution in [1.29, 1.82) is 0 Å². The Hall–Kier alpha value is -2.80. The van der Waals surface area contributed by atoms with Crippen LogP contribution in [0.5, 0.6) is 0 Å². The minimum Gasteiger partial charge on any atom is -0.338 e. The van der Waals surface area contributed by atoms with Crippen LogP contribution in [-0.2, 0) is 0 Å². The molecule has 2 aromatic carbocycles. The molecule has 1 spiro atoms. The first-order chi connectivity index (χ1) is 14.3. The molecule has 2 amide bonds. The van der Waals surface area contributed by atoms with Gasteiger partial charge in [-0.25, -0.2) is 8.78 Å². The van der Waals surface area contributed by atoms with Crippen LogP contribution in [0.3, 0.4) is 0 Å². The zero-order chi connectivity index (χ0) is 21.5. The van der Waals surface area contributed by atoms with Gasteiger partial charge in [0.1, 0.15) is 11.6 Å². The zero-order valence-corrected chi connectivity index (χ0v) is 17.1.